The number of nitrogens with one attached hydrogen (secondary N) is 1. The van der Waals surface area contributed by atoms with E-state index in [1.54, 1.807) is 0 Å². The standard InChI is InChI=1S/C19H25N/c1-13-6-9-18(10-7-13)16(4)20-17(5)19-11-8-14(2)12-15(19)3/h6-12,16-17,20H,1-5H3/t16-,17?/m0/s1. The van der Waals surface area contributed by atoms with Crippen molar-refractivity contribution in [2.24, 2.45) is 0 Å². The van der Waals surface area contributed by atoms with Crippen LogP contribution in [0.1, 0.15) is 53.7 Å². The molecule has 0 spiro atoms. The summed E-state index contributed by atoms with van der Waals surface area (Å²) in [6.07, 6.45) is 0. The van der Waals surface area contributed by atoms with E-state index in [0.29, 0.717) is 12.1 Å². The Kier molecular flexibility index (Phi) is 4.61. The van der Waals surface area contributed by atoms with Crippen LogP contribution < -0.4 is 5.32 Å². The van der Waals surface area contributed by atoms with Gasteiger partial charge < -0.3 is 5.32 Å². The highest BCUT2D eigenvalue weighted by Crippen LogP contribution is 2.22. The number of benzene rings is 2. The minimum Gasteiger partial charge on any atom is -0.304 e. The number of rotatable bonds is 4. The quantitative estimate of drug-likeness (QED) is 0.819. The van der Waals surface area contributed by atoms with Gasteiger partial charge in [0.2, 0.25) is 0 Å². The molecule has 2 atom stereocenters. The van der Waals surface area contributed by atoms with Crippen LogP contribution in [0.4, 0.5) is 0 Å². The Morgan fingerprint density at radius 2 is 1.35 bits per heavy atom. The van der Waals surface area contributed by atoms with Gasteiger partial charge in [0.25, 0.3) is 0 Å². The van der Waals surface area contributed by atoms with E-state index in [2.05, 4.69) is 82.4 Å². The summed E-state index contributed by atoms with van der Waals surface area (Å²) in [5, 5.41) is 3.69. The van der Waals surface area contributed by atoms with Gasteiger partial charge in [0.05, 0.1) is 0 Å². The summed E-state index contributed by atoms with van der Waals surface area (Å²) in [7, 11) is 0. The zero-order valence-electron chi connectivity index (χ0n) is 13.2. The second kappa shape index (κ2) is 6.23. The lowest BCUT2D eigenvalue weighted by Gasteiger charge is -2.22. The topological polar surface area (TPSA) is 12.0 Å². The lowest BCUT2D eigenvalue weighted by atomic mass is 9.98. The summed E-state index contributed by atoms with van der Waals surface area (Å²) >= 11 is 0. The molecular weight excluding hydrogens is 242 g/mol. The molecule has 0 radical (unpaired) electrons. The molecule has 0 saturated heterocycles. The second-order valence-electron chi connectivity index (χ2n) is 5.88. The van der Waals surface area contributed by atoms with Gasteiger partial charge in [-0.1, -0.05) is 53.6 Å². The SMILES string of the molecule is Cc1ccc([C@H](C)NC(C)c2ccc(C)cc2C)cc1. The van der Waals surface area contributed by atoms with Crippen LogP contribution in [0.2, 0.25) is 0 Å². The smallest absolute Gasteiger partial charge is 0.0300 e. The molecule has 0 amide bonds. The molecule has 0 fully saturated rings. The number of aryl methyl sites for hydroxylation is 3. The predicted octanol–water partition coefficient (Wildman–Crippen LogP) is 5.02. The van der Waals surface area contributed by atoms with E-state index in [9.17, 15) is 0 Å². The van der Waals surface area contributed by atoms with Gasteiger partial charge in [-0.3, -0.25) is 0 Å². The molecule has 1 nitrogen and oxygen atoms in total. The Labute approximate surface area is 123 Å². The molecule has 2 aromatic carbocycles. The molecule has 2 aromatic rings. The fourth-order valence-electron chi connectivity index (χ4n) is 2.73. The Balaban J connectivity index is 2.10. The zero-order valence-corrected chi connectivity index (χ0v) is 13.2. The van der Waals surface area contributed by atoms with Crippen LogP contribution in [0.5, 0.6) is 0 Å². The molecule has 0 saturated carbocycles. The highest BCUT2D eigenvalue weighted by Gasteiger charge is 2.12. The van der Waals surface area contributed by atoms with Crippen LogP contribution in [0, 0.1) is 20.8 Å². The first-order valence-electron chi connectivity index (χ1n) is 7.37. The lowest BCUT2D eigenvalue weighted by molar-refractivity contribution is 0.493. The van der Waals surface area contributed by atoms with Crippen molar-refractivity contribution in [2.45, 2.75) is 46.7 Å². The van der Waals surface area contributed by atoms with Crippen LogP contribution in [0.3, 0.4) is 0 Å². The third-order valence-electron chi connectivity index (χ3n) is 3.97. The van der Waals surface area contributed by atoms with E-state index in [1.165, 1.54) is 27.8 Å². The number of hydrogen-bond donors (Lipinski definition) is 1. The third-order valence-corrected chi connectivity index (χ3v) is 3.97. The van der Waals surface area contributed by atoms with Gasteiger partial charge in [-0.15, -0.1) is 0 Å². The third kappa shape index (κ3) is 3.49. The molecule has 0 aromatic heterocycles. The van der Waals surface area contributed by atoms with Crippen molar-refractivity contribution < 1.29 is 0 Å². The molecule has 1 N–H and O–H groups in total. The highest BCUT2D eigenvalue weighted by molar-refractivity contribution is 5.33. The first-order chi connectivity index (χ1) is 9.47. The van der Waals surface area contributed by atoms with Crippen molar-refractivity contribution in [3.63, 3.8) is 0 Å². The molecule has 0 aliphatic heterocycles. The minimum atomic E-state index is 0.353. The summed E-state index contributed by atoms with van der Waals surface area (Å²) < 4.78 is 0. The number of hydrogen-bond acceptors (Lipinski definition) is 1. The Hall–Kier alpha value is -1.60. The Morgan fingerprint density at radius 1 is 0.750 bits per heavy atom. The van der Waals surface area contributed by atoms with Gasteiger partial charge in [-0.25, -0.2) is 0 Å². The van der Waals surface area contributed by atoms with Gasteiger partial charge in [-0.05, 0) is 51.3 Å². The van der Waals surface area contributed by atoms with Gasteiger partial charge in [0.15, 0.2) is 0 Å². The van der Waals surface area contributed by atoms with Crippen molar-refractivity contribution in [1.82, 2.24) is 5.32 Å². The molecule has 0 aliphatic carbocycles. The zero-order chi connectivity index (χ0) is 14.7. The normalized spacial score (nSPS) is 14.1. The van der Waals surface area contributed by atoms with E-state index >= 15 is 0 Å². The summed E-state index contributed by atoms with van der Waals surface area (Å²) in [4.78, 5) is 0. The maximum Gasteiger partial charge on any atom is 0.0300 e. The van der Waals surface area contributed by atoms with E-state index in [1.807, 2.05) is 0 Å². The van der Waals surface area contributed by atoms with Crippen LogP contribution in [0.25, 0.3) is 0 Å². The first-order valence-corrected chi connectivity index (χ1v) is 7.37. The molecule has 20 heavy (non-hydrogen) atoms. The second-order valence-corrected chi connectivity index (χ2v) is 5.88. The Bertz CT molecular complexity index is 569. The molecule has 1 unspecified atom stereocenters. The van der Waals surface area contributed by atoms with Crippen molar-refractivity contribution in [1.29, 1.82) is 0 Å². The van der Waals surface area contributed by atoms with Crippen LogP contribution in [0.15, 0.2) is 42.5 Å². The molecule has 0 aliphatic rings. The summed E-state index contributed by atoms with van der Waals surface area (Å²) in [6, 6.07) is 16.2. The molecule has 106 valence electrons. The van der Waals surface area contributed by atoms with Crippen LogP contribution >= 0.6 is 0 Å². The fraction of sp³-hybridized carbons (Fsp3) is 0.368. The van der Waals surface area contributed by atoms with Crippen LogP contribution in [-0.2, 0) is 0 Å². The molecule has 2 rings (SSSR count). The minimum absolute atomic E-state index is 0.353. The monoisotopic (exact) mass is 267 g/mol. The predicted molar refractivity (Wildman–Crippen MR) is 87.1 cm³/mol. The average molecular weight is 267 g/mol. The summed E-state index contributed by atoms with van der Waals surface area (Å²) in [5.74, 6) is 0. The van der Waals surface area contributed by atoms with Gasteiger partial charge >= 0.3 is 0 Å². The van der Waals surface area contributed by atoms with Gasteiger partial charge in [-0.2, -0.15) is 0 Å². The van der Waals surface area contributed by atoms with Crippen molar-refractivity contribution in [3.05, 3.63) is 70.3 Å². The van der Waals surface area contributed by atoms with Crippen molar-refractivity contribution in [2.75, 3.05) is 0 Å². The fourth-order valence-corrected chi connectivity index (χ4v) is 2.73. The maximum atomic E-state index is 3.69. The summed E-state index contributed by atoms with van der Waals surface area (Å²) in [6.45, 7) is 10.9. The average Bonchev–Trinajstić information content (AvgIpc) is 2.39. The van der Waals surface area contributed by atoms with Gasteiger partial charge in [0, 0.05) is 12.1 Å². The van der Waals surface area contributed by atoms with E-state index in [4.69, 9.17) is 0 Å². The summed E-state index contributed by atoms with van der Waals surface area (Å²) in [5.41, 5.74) is 6.72. The Morgan fingerprint density at radius 3 is 1.95 bits per heavy atom. The highest BCUT2D eigenvalue weighted by atomic mass is 14.9. The van der Waals surface area contributed by atoms with Crippen molar-refractivity contribution in [3.8, 4) is 0 Å². The van der Waals surface area contributed by atoms with Crippen molar-refractivity contribution >= 4 is 0 Å². The molecular formula is C19H25N. The van der Waals surface area contributed by atoms with E-state index < -0.39 is 0 Å². The first kappa shape index (κ1) is 14.8. The molecule has 0 bridgehead atoms. The molecule has 0 heterocycles. The van der Waals surface area contributed by atoms with E-state index in [-0.39, 0.29) is 0 Å². The molecule has 1 heteroatoms. The van der Waals surface area contributed by atoms with Gasteiger partial charge in [0.1, 0.15) is 0 Å². The maximum absolute atomic E-state index is 3.69. The lowest BCUT2D eigenvalue weighted by Crippen LogP contribution is -2.23. The largest absolute Gasteiger partial charge is 0.304 e. The van der Waals surface area contributed by atoms with E-state index in [0.717, 1.165) is 0 Å². The van der Waals surface area contributed by atoms with Crippen LogP contribution in [-0.4, -0.2) is 0 Å².